The SMILES string of the molecule is Cc1ccc(CN2CCN(c3ccc(C(F)(F)F)cc3[N+](=O)[O-])CC2)cc1. The molecule has 1 aliphatic heterocycles. The molecule has 2 aromatic carbocycles. The van der Waals surface area contributed by atoms with Crippen LogP contribution in [-0.4, -0.2) is 36.0 Å². The minimum atomic E-state index is -4.60. The van der Waals surface area contributed by atoms with Gasteiger partial charge in [-0.25, -0.2) is 0 Å². The summed E-state index contributed by atoms with van der Waals surface area (Å²) in [5, 5.41) is 11.3. The Morgan fingerprint density at radius 1 is 1.04 bits per heavy atom. The molecular formula is C19H20F3N3O2. The van der Waals surface area contributed by atoms with Gasteiger partial charge in [-0.3, -0.25) is 15.0 Å². The van der Waals surface area contributed by atoms with Crippen molar-refractivity contribution in [3.8, 4) is 0 Å². The molecule has 0 unspecified atom stereocenters. The number of piperazine rings is 1. The molecule has 0 radical (unpaired) electrons. The number of anilines is 1. The highest BCUT2D eigenvalue weighted by atomic mass is 19.4. The Kier molecular flexibility index (Phi) is 5.36. The first-order valence-corrected chi connectivity index (χ1v) is 8.62. The molecule has 0 spiro atoms. The lowest BCUT2D eigenvalue weighted by Gasteiger charge is -2.36. The van der Waals surface area contributed by atoms with Crippen molar-refractivity contribution in [1.82, 2.24) is 4.90 Å². The molecule has 1 heterocycles. The summed E-state index contributed by atoms with van der Waals surface area (Å²) in [4.78, 5) is 14.5. The number of hydrogen-bond acceptors (Lipinski definition) is 4. The third-order valence-electron chi connectivity index (χ3n) is 4.74. The van der Waals surface area contributed by atoms with Crippen molar-refractivity contribution < 1.29 is 18.1 Å². The zero-order valence-corrected chi connectivity index (χ0v) is 14.9. The number of nitrogens with zero attached hydrogens (tertiary/aromatic N) is 3. The molecule has 0 saturated carbocycles. The first-order chi connectivity index (χ1) is 12.7. The van der Waals surface area contributed by atoms with E-state index in [4.69, 9.17) is 0 Å². The van der Waals surface area contributed by atoms with Gasteiger partial charge in [0.05, 0.1) is 10.5 Å². The van der Waals surface area contributed by atoms with Crippen LogP contribution in [0.5, 0.6) is 0 Å². The largest absolute Gasteiger partial charge is 0.416 e. The van der Waals surface area contributed by atoms with Crippen LogP contribution in [0.4, 0.5) is 24.5 Å². The molecule has 144 valence electrons. The summed E-state index contributed by atoms with van der Waals surface area (Å²) in [6.07, 6.45) is -4.60. The first kappa shape index (κ1) is 19.2. The van der Waals surface area contributed by atoms with E-state index in [1.807, 2.05) is 6.92 Å². The van der Waals surface area contributed by atoms with Gasteiger partial charge >= 0.3 is 6.18 Å². The van der Waals surface area contributed by atoms with Crippen LogP contribution in [0.15, 0.2) is 42.5 Å². The van der Waals surface area contributed by atoms with Gasteiger partial charge in [-0.15, -0.1) is 0 Å². The molecule has 1 saturated heterocycles. The Labute approximate surface area is 155 Å². The van der Waals surface area contributed by atoms with E-state index in [0.717, 1.165) is 12.6 Å². The van der Waals surface area contributed by atoms with Gasteiger partial charge in [0.15, 0.2) is 0 Å². The van der Waals surface area contributed by atoms with E-state index in [1.165, 1.54) is 17.2 Å². The second-order valence-corrected chi connectivity index (χ2v) is 6.71. The van der Waals surface area contributed by atoms with Gasteiger partial charge in [-0.2, -0.15) is 13.2 Å². The standard InChI is InChI=1S/C19H20F3N3O2/c1-14-2-4-15(5-3-14)13-23-8-10-24(11-9-23)17-7-6-16(19(20,21)22)12-18(17)25(26)27/h2-7,12H,8-11,13H2,1H3. The van der Waals surface area contributed by atoms with E-state index in [-0.39, 0.29) is 5.69 Å². The van der Waals surface area contributed by atoms with Gasteiger partial charge in [0.1, 0.15) is 5.69 Å². The van der Waals surface area contributed by atoms with Crippen LogP contribution in [0, 0.1) is 17.0 Å². The second-order valence-electron chi connectivity index (χ2n) is 6.71. The monoisotopic (exact) mass is 379 g/mol. The van der Waals surface area contributed by atoms with Crippen molar-refractivity contribution in [3.63, 3.8) is 0 Å². The lowest BCUT2D eigenvalue weighted by molar-refractivity contribution is -0.384. The maximum atomic E-state index is 12.8. The van der Waals surface area contributed by atoms with Crippen molar-refractivity contribution >= 4 is 11.4 Å². The Morgan fingerprint density at radius 3 is 2.22 bits per heavy atom. The number of alkyl halides is 3. The Morgan fingerprint density at radius 2 is 1.67 bits per heavy atom. The Hall–Kier alpha value is -2.61. The van der Waals surface area contributed by atoms with Gasteiger partial charge in [-0.1, -0.05) is 29.8 Å². The molecule has 8 heteroatoms. The van der Waals surface area contributed by atoms with Gasteiger partial charge in [0, 0.05) is 38.8 Å². The molecular weight excluding hydrogens is 359 g/mol. The smallest absolute Gasteiger partial charge is 0.363 e. The second kappa shape index (κ2) is 7.56. The van der Waals surface area contributed by atoms with Crippen molar-refractivity contribution in [2.24, 2.45) is 0 Å². The molecule has 5 nitrogen and oxygen atoms in total. The van der Waals surface area contributed by atoms with Crippen LogP contribution >= 0.6 is 0 Å². The molecule has 2 aromatic rings. The van der Waals surface area contributed by atoms with Gasteiger partial charge in [0.2, 0.25) is 0 Å². The van der Waals surface area contributed by atoms with Crippen LogP contribution < -0.4 is 4.90 Å². The summed E-state index contributed by atoms with van der Waals surface area (Å²) in [6.45, 7) is 5.23. The van der Waals surface area contributed by atoms with Gasteiger partial charge < -0.3 is 4.90 Å². The number of nitro benzene ring substituents is 1. The van der Waals surface area contributed by atoms with E-state index in [2.05, 4.69) is 29.2 Å². The van der Waals surface area contributed by atoms with Crippen molar-refractivity contribution in [2.75, 3.05) is 31.1 Å². The van der Waals surface area contributed by atoms with Gasteiger partial charge in [-0.05, 0) is 24.6 Å². The van der Waals surface area contributed by atoms with Crippen molar-refractivity contribution in [2.45, 2.75) is 19.6 Å². The Balaban J connectivity index is 1.70. The predicted octanol–water partition coefficient (Wildman–Crippen LogP) is 4.24. The highest BCUT2D eigenvalue weighted by molar-refractivity contribution is 5.65. The third-order valence-corrected chi connectivity index (χ3v) is 4.74. The fourth-order valence-electron chi connectivity index (χ4n) is 3.21. The molecule has 0 aliphatic carbocycles. The predicted molar refractivity (Wildman–Crippen MR) is 96.8 cm³/mol. The fourth-order valence-corrected chi connectivity index (χ4v) is 3.21. The topological polar surface area (TPSA) is 49.6 Å². The molecule has 27 heavy (non-hydrogen) atoms. The molecule has 0 amide bonds. The number of hydrogen-bond donors (Lipinski definition) is 0. The highest BCUT2D eigenvalue weighted by Gasteiger charge is 2.34. The normalized spacial score (nSPS) is 15.8. The van der Waals surface area contributed by atoms with E-state index < -0.39 is 22.4 Å². The maximum Gasteiger partial charge on any atom is 0.416 e. The average Bonchev–Trinajstić information content (AvgIpc) is 2.63. The number of benzene rings is 2. The highest BCUT2D eigenvalue weighted by Crippen LogP contribution is 2.36. The van der Waals surface area contributed by atoms with Crippen LogP contribution in [-0.2, 0) is 12.7 Å². The maximum absolute atomic E-state index is 12.8. The molecule has 1 aliphatic rings. The van der Waals surface area contributed by atoms with Crippen molar-refractivity contribution in [3.05, 3.63) is 69.3 Å². The van der Waals surface area contributed by atoms with Crippen molar-refractivity contribution in [1.29, 1.82) is 0 Å². The summed E-state index contributed by atoms with van der Waals surface area (Å²) in [5.74, 6) is 0. The number of aryl methyl sites for hydroxylation is 1. The minimum absolute atomic E-state index is 0.239. The summed E-state index contributed by atoms with van der Waals surface area (Å²) in [5.41, 5.74) is 1.11. The zero-order chi connectivity index (χ0) is 19.6. The summed E-state index contributed by atoms with van der Waals surface area (Å²) in [7, 11) is 0. The van der Waals surface area contributed by atoms with E-state index in [9.17, 15) is 23.3 Å². The molecule has 3 rings (SSSR count). The van der Waals surface area contributed by atoms with Crippen LogP contribution in [0.25, 0.3) is 0 Å². The lowest BCUT2D eigenvalue weighted by Crippen LogP contribution is -2.46. The quantitative estimate of drug-likeness (QED) is 0.589. The van der Waals surface area contributed by atoms with Crippen LogP contribution in [0.1, 0.15) is 16.7 Å². The lowest BCUT2D eigenvalue weighted by atomic mass is 10.1. The first-order valence-electron chi connectivity index (χ1n) is 8.62. The molecule has 0 atom stereocenters. The summed E-state index contributed by atoms with van der Waals surface area (Å²) < 4.78 is 38.5. The number of halogens is 3. The van der Waals surface area contributed by atoms with E-state index in [0.29, 0.717) is 32.2 Å². The average molecular weight is 379 g/mol. The minimum Gasteiger partial charge on any atom is -0.363 e. The molecule has 0 bridgehead atoms. The summed E-state index contributed by atoms with van der Waals surface area (Å²) in [6, 6.07) is 11.0. The zero-order valence-electron chi connectivity index (χ0n) is 14.9. The van der Waals surface area contributed by atoms with Crippen LogP contribution in [0.3, 0.4) is 0 Å². The molecule has 0 aromatic heterocycles. The number of nitro groups is 1. The van der Waals surface area contributed by atoms with E-state index in [1.54, 1.807) is 4.90 Å². The third kappa shape index (κ3) is 4.57. The summed E-state index contributed by atoms with van der Waals surface area (Å²) >= 11 is 0. The molecule has 1 fully saturated rings. The van der Waals surface area contributed by atoms with E-state index >= 15 is 0 Å². The van der Waals surface area contributed by atoms with Gasteiger partial charge in [0.25, 0.3) is 5.69 Å². The Bertz CT molecular complexity index is 814. The fraction of sp³-hybridized carbons (Fsp3) is 0.368. The molecule has 0 N–H and O–H groups in total. The van der Waals surface area contributed by atoms with Crippen LogP contribution in [0.2, 0.25) is 0 Å². The number of rotatable bonds is 4.